The van der Waals surface area contributed by atoms with E-state index in [0.717, 1.165) is 12.3 Å². The van der Waals surface area contributed by atoms with Crippen molar-refractivity contribution in [3.05, 3.63) is 32.9 Å². The fraction of sp³-hybridized carbons (Fsp3) is 0.615. The summed E-state index contributed by atoms with van der Waals surface area (Å²) in [5, 5.41) is 2.65. The number of aromatic amines is 1. The van der Waals surface area contributed by atoms with E-state index in [2.05, 4.69) is 5.32 Å². The Morgan fingerprint density at radius 1 is 1.40 bits per heavy atom. The van der Waals surface area contributed by atoms with Crippen LogP contribution in [0.2, 0.25) is 0 Å². The van der Waals surface area contributed by atoms with Crippen LogP contribution in [0.4, 0.5) is 9.18 Å². The fourth-order valence-corrected chi connectivity index (χ4v) is 3.53. The third kappa shape index (κ3) is 2.28. The van der Waals surface area contributed by atoms with E-state index in [4.69, 9.17) is 0 Å². The Morgan fingerprint density at radius 2 is 2.20 bits per heavy atom. The van der Waals surface area contributed by atoms with Gasteiger partial charge < -0.3 is 5.32 Å². The van der Waals surface area contributed by atoms with Gasteiger partial charge >= 0.3 is 11.7 Å². The second-order valence-electron chi connectivity index (χ2n) is 5.73. The largest absolute Gasteiger partial charge is 0.337 e. The van der Waals surface area contributed by atoms with Gasteiger partial charge in [-0.2, -0.15) is 4.39 Å². The molecule has 0 aliphatic heterocycles. The molecule has 3 rings (SSSR count). The fourth-order valence-electron chi connectivity index (χ4n) is 3.53. The minimum atomic E-state index is -1.15. The Morgan fingerprint density at radius 3 is 2.85 bits per heavy atom. The van der Waals surface area contributed by atoms with Crippen molar-refractivity contribution in [1.82, 2.24) is 14.9 Å². The number of halogens is 1. The maximum atomic E-state index is 13.1. The van der Waals surface area contributed by atoms with Crippen molar-refractivity contribution in [2.45, 2.75) is 25.7 Å². The number of hydrogen-bond donors (Lipinski definition) is 2. The predicted octanol–water partition coefficient (Wildman–Crippen LogP) is 0.670. The lowest BCUT2D eigenvalue weighted by Gasteiger charge is -2.21. The van der Waals surface area contributed by atoms with Crippen LogP contribution in [0.1, 0.15) is 25.7 Å². The Labute approximate surface area is 114 Å². The molecule has 1 aromatic rings. The van der Waals surface area contributed by atoms with E-state index in [1.54, 1.807) is 4.98 Å². The van der Waals surface area contributed by atoms with Gasteiger partial charge in [-0.05, 0) is 37.0 Å². The number of aromatic nitrogens is 2. The molecule has 7 heteroatoms. The summed E-state index contributed by atoms with van der Waals surface area (Å²) in [6, 6.07) is -0.701. The second-order valence-corrected chi connectivity index (χ2v) is 5.73. The van der Waals surface area contributed by atoms with Crippen LogP contribution in [-0.4, -0.2) is 22.1 Å². The highest BCUT2D eigenvalue weighted by Crippen LogP contribution is 2.47. The van der Waals surface area contributed by atoms with Gasteiger partial charge in [-0.3, -0.25) is 9.78 Å². The summed E-state index contributed by atoms with van der Waals surface area (Å²) in [7, 11) is 0. The topological polar surface area (TPSA) is 84.0 Å². The third-order valence-electron chi connectivity index (χ3n) is 4.52. The van der Waals surface area contributed by atoms with Gasteiger partial charge in [-0.25, -0.2) is 14.2 Å². The maximum Gasteiger partial charge on any atom is 0.336 e. The minimum absolute atomic E-state index is 0.445. The highest BCUT2D eigenvalue weighted by Gasteiger charge is 2.39. The number of amides is 1. The van der Waals surface area contributed by atoms with Crippen LogP contribution in [-0.2, 0) is 0 Å². The molecule has 0 aromatic carbocycles. The van der Waals surface area contributed by atoms with Crippen LogP contribution in [0, 0.1) is 23.6 Å². The minimum Gasteiger partial charge on any atom is -0.337 e. The zero-order valence-electron chi connectivity index (χ0n) is 10.9. The summed E-state index contributed by atoms with van der Waals surface area (Å²) >= 11 is 0. The van der Waals surface area contributed by atoms with E-state index in [1.165, 1.54) is 19.3 Å². The number of nitrogens with zero attached hydrogens (tertiary/aromatic N) is 1. The molecule has 2 aliphatic carbocycles. The molecule has 0 radical (unpaired) electrons. The van der Waals surface area contributed by atoms with E-state index in [0.29, 0.717) is 29.1 Å². The van der Waals surface area contributed by atoms with Gasteiger partial charge in [0, 0.05) is 6.54 Å². The first-order valence-corrected chi connectivity index (χ1v) is 6.84. The highest BCUT2D eigenvalue weighted by atomic mass is 19.1. The van der Waals surface area contributed by atoms with E-state index in [9.17, 15) is 18.8 Å². The Balaban J connectivity index is 1.66. The second kappa shape index (κ2) is 4.88. The monoisotopic (exact) mass is 281 g/mol. The van der Waals surface area contributed by atoms with Crippen molar-refractivity contribution < 1.29 is 9.18 Å². The van der Waals surface area contributed by atoms with Crippen LogP contribution >= 0.6 is 0 Å². The first kappa shape index (κ1) is 13.1. The predicted molar refractivity (Wildman–Crippen MR) is 69.0 cm³/mol. The van der Waals surface area contributed by atoms with Gasteiger partial charge in [-0.15, -0.1) is 0 Å². The van der Waals surface area contributed by atoms with Crippen molar-refractivity contribution >= 4 is 6.03 Å². The van der Waals surface area contributed by atoms with E-state index in [1.807, 2.05) is 0 Å². The molecule has 1 amide bonds. The van der Waals surface area contributed by atoms with Crippen LogP contribution in [0.5, 0.6) is 0 Å². The normalized spacial score (nSPS) is 27.8. The van der Waals surface area contributed by atoms with Crippen molar-refractivity contribution in [2.24, 2.45) is 17.8 Å². The number of hydrogen-bond acceptors (Lipinski definition) is 3. The zero-order valence-corrected chi connectivity index (χ0v) is 10.9. The van der Waals surface area contributed by atoms with Crippen molar-refractivity contribution in [3.63, 3.8) is 0 Å². The van der Waals surface area contributed by atoms with Crippen LogP contribution in [0.15, 0.2) is 15.8 Å². The molecule has 2 aliphatic rings. The smallest absolute Gasteiger partial charge is 0.336 e. The number of H-pyrrole nitrogens is 1. The Bertz CT molecular complexity index is 651. The molecule has 2 bridgehead atoms. The van der Waals surface area contributed by atoms with Crippen LogP contribution in [0.3, 0.4) is 0 Å². The summed E-state index contributed by atoms with van der Waals surface area (Å²) in [4.78, 5) is 35.9. The standard InChI is InChI=1S/C13H16FN3O3/c14-10-6-17(13(20)16-11(10)18)12(19)15-5-9-4-7-1-2-8(9)3-7/h6-9H,1-5H2,(H,15,19)(H,16,18,20). The quantitative estimate of drug-likeness (QED) is 0.835. The third-order valence-corrected chi connectivity index (χ3v) is 4.52. The summed E-state index contributed by atoms with van der Waals surface area (Å²) in [6.07, 6.45) is 5.45. The van der Waals surface area contributed by atoms with Crippen LogP contribution < -0.4 is 16.6 Å². The summed E-state index contributed by atoms with van der Waals surface area (Å²) in [6.45, 7) is 0.493. The Kier molecular flexibility index (Phi) is 3.19. The average molecular weight is 281 g/mol. The molecule has 2 saturated carbocycles. The molecule has 0 saturated heterocycles. The average Bonchev–Trinajstić information content (AvgIpc) is 3.02. The molecule has 1 aromatic heterocycles. The molecule has 6 nitrogen and oxygen atoms in total. The first-order valence-electron chi connectivity index (χ1n) is 6.84. The lowest BCUT2D eigenvalue weighted by atomic mass is 9.89. The summed E-state index contributed by atoms with van der Waals surface area (Å²) < 4.78 is 13.7. The maximum absolute atomic E-state index is 13.1. The highest BCUT2D eigenvalue weighted by molar-refractivity contribution is 5.76. The summed E-state index contributed by atoms with van der Waals surface area (Å²) in [5.74, 6) is 0.722. The molecular weight excluding hydrogens is 265 g/mol. The first-order chi connectivity index (χ1) is 9.54. The number of nitrogens with one attached hydrogen (secondary N) is 2. The lowest BCUT2D eigenvalue weighted by Crippen LogP contribution is -2.42. The van der Waals surface area contributed by atoms with Gasteiger partial charge in [0.1, 0.15) is 0 Å². The van der Waals surface area contributed by atoms with Crippen molar-refractivity contribution in [2.75, 3.05) is 6.54 Å². The Hall–Kier alpha value is -1.92. The zero-order chi connectivity index (χ0) is 14.3. The van der Waals surface area contributed by atoms with E-state index < -0.39 is 23.1 Å². The van der Waals surface area contributed by atoms with E-state index >= 15 is 0 Å². The molecular formula is C13H16FN3O3. The summed E-state index contributed by atoms with van der Waals surface area (Å²) in [5.41, 5.74) is -2.05. The number of rotatable bonds is 2. The molecule has 2 fully saturated rings. The van der Waals surface area contributed by atoms with Crippen molar-refractivity contribution in [1.29, 1.82) is 0 Å². The van der Waals surface area contributed by atoms with Gasteiger partial charge in [-0.1, -0.05) is 6.42 Å². The van der Waals surface area contributed by atoms with E-state index in [-0.39, 0.29) is 0 Å². The number of carbonyl (C=O) groups is 1. The number of carbonyl (C=O) groups excluding carboxylic acids is 1. The van der Waals surface area contributed by atoms with Gasteiger partial charge in [0.05, 0.1) is 6.20 Å². The van der Waals surface area contributed by atoms with Gasteiger partial charge in [0.15, 0.2) is 0 Å². The molecule has 1 heterocycles. The molecule has 2 N–H and O–H groups in total. The SMILES string of the molecule is O=C(NCC1CC2CCC1C2)n1cc(F)c(=O)[nH]c1=O. The van der Waals surface area contributed by atoms with Gasteiger partial charge in [0.2, 0.25) is 5.82 Å². The molecule has 108 valence electrons. The van der Waals surface area contributed by atoms with Gasteiger partial charge in [0.25, 0.3) is 5.56 Å². The molecule has 3 atom stereocenters. The van der Waals surface area contributed by atoms with Crippen LogP contribution in [0.25, 0.3) is 0 Å². The molecule has 20 heavy (non-hydrogen) atoms. The molecule has 3 unspecified atom stereocenters. The van der Waals surface area contributed by atoms with Crippen molar-refractivity contribution in [3.8, 4) is 0 Å². The molecule has 0 spiro atoms. The number of fused-ring (bicyclic) bond motifs is 2. The lowest BCUT2D eigenvalue weighted by molar-refractivity contribution is 0.234.